The Morgan fingerprint density at radius 3 is 2.56 bits per heavy atom. The Hall–Kier alpha value is -2.23. The number of halogens is 1. The van der Waals surface area contributed by atoms with E-state index in [9.17, 15) is 9.18 Å². The molecule has 0 aliphatic carbocycles. The highest BCUT2D eigenvalue weighted by molar-refractivity contribution is 5.92. The molecule has 1 heterocycles. The van der Waals surface area contributed by atoms with Crippen molar-refractivity contribution < 1.29 is 9.18 Å². The van der Waals surface area contributed by atoms with E-state index >= 15 is 0 Å². The van der Waals surface area contributed by atoms with Crippen LogP contribution in [0.3, 0.4) is 0 Å². The van der Waals surface area contributed by atoms with Crippen LogP contribution in [0.25, 0.3) is 0 Å². The van der Waals surface area contributed by atoms with Gasteiger partial charge in [0.15, 0.2) is 0 Å². The lowest BCUT2D eigenvalue weighted by Crippen LogP contribution is -2.14. The number of rotatable bonds is 3. The largest absolute Gasteiger partial charge is 0.324 e. The van der Waals surface area contributed by atoms with Crippen molar-refractivity contribution in [3.8, 4) is 0 Å². The number of nitrogens with one attached hydrogen (secondary N) is 1. The van der Waals surface area contributed by atoms with E-state index < -0.39 is 5.95 Å². The average Bonchev–Trinajstić information content (AvgIpc) is 2.35. The second kappa shape index (κ2) is 5.40. The van der Waals surface area contributed by atoms with Gasteiger partial charge in [-0.25, -0.2) is 4.98 Å². The molecule has 0 aliphatic heterocycles. The maximum Gasteiger partial charge on any atom is 0.228 e. The summed E-state index contributed by atoms with van der Waals surface area (Å²) in [6.07, 6.45) is 1.58. The van der Waals surface area contributed by atoms with Crippen LogP contribution >= 0.6 is 0 Å². The molecule has 0 saturated carbocycles. The second-order valence-electron chi connectivity index (χ2n) is 4.08. The van der Waals surface area contributed by atoms with Crippen LogP contribution in [-0.4, -0.2) is 10.9 Å². The summed E-state index contributed by atoms with van der Waals surface area (Å²) in [5, 5.41) is 2.66. The number of hydrogen-bond donors (Lipinski definition) is 1. The van der Waals surface area contributed by atoms with E-state index in [0.717, 1.165) is 11.1 Å². The van der Waals surface area contributed by atoms with Gasteiger partial charge in [0.25, 0.3) is 0 Å². The number of benzene rings is 1. The van der Waals surface area contributed by atoms with E-state index in [0.29, 0.717) is 5.69 Å². The number of aromatic nitrogens is 1. The molecule has 3 nitrogen and oxygen atoms in total. The van der Waals surface area contributed by atoms with Gasteiger partial charge in [0.05, 0.1) is 18.3 Å². The third-order valence-electron chi connectivity index (χ3n) is 2.50. The zero-order chi connectivity index (χ0) is 13.0. The molecule has 2 aromatic rings. The summed E-state index contributed by atoms with van der Waals surface area (Å²) in [6.45, 7) is 1.99. The molecule has 1 amide bonds. The average molecular weight is 244 g/mol. The smallest absolute Gasteiger partial charge is 0.228 e. The molecule has 92 valence electrons. The van der Waals surface area contributed by atoms with Crippen LogP contribution in [0.15, 0.2) is 42.6 Å². The maximum absolute atomic E-state index is 12.6. The zero-order valence-corrected chi connectivity index (χ0v) is 9.98. The van der Waals surface area contributed by atoms with Gasteiger partial charge in [0.2, 0.25) is 11.9 Å². The summed E-state index contributed by atoms with van der Waals surface area (Å²) in [4.78, 5) is 15.2. The number of aryl methyl sites for hydroxylation is 1. The second-order valence-corrected chi connectivity index (χ2v) is 4.08. The first-order valence-electron chi connectivity index (χ1n) is 5.60. The minimum Gasteiger partial charge on any atom is -0.324 e. The summed E-state index contributed by atoms with van der Waals surface area (Å²) >= 11 is 0. The van der Waals surface area contributed by atoms with Gasteiger partial charge in [0.1, 0.15) is 0 Å². The van der Waals surface area contributed by atoms with Crippen LogP contribution in [0.1, 0.15) is 11.1 Å². The maximum atomic E-state index is 12.6. The first-order valence-corrected chi connectivity index (χ1v) is 5.60. The number of pyridine rings is 1. The van der Waals surface area contributed by atoms with Crippen molar-refractivity contribution in [3.05, 3.63) is 59.7 Å². The van der Waals surface area contributed by atoms with Crippen molar-refractivity contribution in [2.75, 3.05) is 5.32 Å². The third-order valence-corrected chi connectivity index (χ3v) is 2.50. The van der Waals surface area contributed by atoms with Gasteiger partial charge < -0.3 is 5.32 Å². The molecule has 1 N–H and O–H groups in total. The molecular formula is C14H13FN2O. The van der Waals surface area contributed by atoms with E-state index in [-0.39, 0.29) is 12.3 Å². The first kappa shape index (κ1) is 12.2. The van der Waals surface area contributed by atoms with Crippen molar-refractivity contribution >= 4 is 11.6 Å². The Kier molecular flexibility index (Phi) is 3.67. The number of carbonyl (C=O) groups excluding carboxylic acids is 1. The fourth-order valence-electron chi connectivity index (χ4n) is 1.55. The number of nitrogens with zero attached hydrogens (tertiary/aromatic N) is 1. The van der Waals surface area contributed by atoms with Crippen molar-refractivity contribution in [2.24, 2.45) is 0 Å². The van der Waals surface area contributed by atoms with Crippen molar-refractivity contribution in [2.45, 2.75) is 13.3 Å². The van der Waals surface area contributed by atoms with Crippen molar-refractivity contribution in [1.29, 1.82) is 0 Å². The molecular weight excluding hydrogens is 231 g/mol. The minimum atomic E-state index is -0.563. The fraction of sp³-hybridized carbons (Fsp3) is 0.143. The van der Waals surface area contributed by atoms with Crippen LogP contribution in [0.4, 0.5) is 10.1 Å². The number of hydrogen-bond acceptors (Lipinski definition) is 2. The minimum absolute atomic E-state index is 0.146. The standard InChI is InChI=1S/C14H13FN2O/c1-10-2-4-11(5-3-10)8-14(18)17-12-6-7-13(15)16-9-12/h2-7,9H,8H2,1H3,(H,17,18). The molecule has 0 aliphatic rings. The van der Waals surface area contributed by atoms with Crippen molar-refractivity contribution in [1.82, 2.24) is 4.98 Å². The Labute approximate surface area is 105 Å². The number of amides is 1. The lowest BCUT2D eigenvalue weighted by Gasteiger charge is -2.05. The summed E-state index contributed by atoms with van der Waals surface area (Å²) in [6, 6.07) is 10.4. The summed E-state index contributed by atoms with van der Waals surface area (Å²) in [5.74, 6) is -0.709. The van der Waals surface area contributed by atoms with Crippen molar-refractivity contribution in [3.63, 3.8) is 0 Å². The van der Waals surface area contributed by atoms with Gasteiger partial charge in [-0.3, -0.25) is 4.79 Å². The zero-order valence-electron chi connectivity index (χ0n) is 9.98. The summed E-state index contributed by atoms with van der Waals surface area (Å²) in [7, 11) is 0. The van der Waals surface area contributed by atoms with E-state index in [1.54, 1.807) is 0 Å². The van der Waals surface area contributed by atoms with E-state index in [1.165, 1.54) is 18.3 Å². The molecule has 1 aromatic heterocycles. The Bertz CT molecular complexity index is 485. The fourth-order valence-corrected chi connectivity index (χ4v) is 1.55. The summed E-state index contributed by atoms with van der Waals surface area (Å²) < 4.78 is 12.6. The van der Waals surface area contributed by atoms with E-state index in [2.05, 4.69) is 10.3 Å². The highest BCUT2D eigenvalue weighted by Gasteiger charge is 2.04. The molecule has 0 atom stereocenters. The van der Waals surface area contributed by atoms with Gasteiger partial charge in [-0.05, 0) is 24.6 Å². The highest BCUT2D eigenvalue weighted by Crippen LogP contribution is 2.08. The molecule has 2 rings (SSSR count). The molecule has 0 saturated heterocycles. The normalized spacial score (nSPS) is 10.1. The van der Waals surface area contributed by atoms with Crippen LogP contribution in [-0.2, 0) is 11.2 Å². The topological polar surface area (TPSA) is 42.0 Å². The lowest BCUT2D eigenvalue weighted by molar-refractivity contribution is -0.115. The third kappa shape index (κ3) is 3.38. The highest BCUT2D eigenvalue weighted by atomic mass is 19.1. The predicted octanol–water partition coefficient (Wildman–Crippen LogP) is 2.71. The molecule has 0 radical (unpaired) electrons. The Morgan fingerprint density at radius 1 is 1.22 bits per heavy atom. The van der Waals surface area contributed by atoms with E-state index in [1.807, 2.05) is 31.2 Å². The van der Waals surface area contributed by atoms with Crippen LogP contribution < -0.4 is 5.32 Å². The van der Waals surface area contributed by atoms with Crippen LogP contribution in [0, 0.1) is 12.9 Å². The monoisotopic (exact) mass is 244 g/mol. The SMILES string of the molecule is Cc1ccc(CC(=O)Nc2ccc(F)nc2)cc1. The van der Waals surface area contributed by atoms with Crippen LogP contribution in [0.5, 0.6) is 0 Å². The first-order chi connectivity index (χ1) is 8.63. The van der Waals surface area contributed by atoms with Gasteiger partial charge in [0, 0.05) is 0 Å². The van der Waals surface area contributed by atoms with E-state index in [4.69, 9.17) is 0 Å². The molecule has 18 heavy (non-hydrogen) atoms. The van der Waals surface area contributed by atoms with Crippen LogP contribution in [0.2, 0.25) is 0 Å². The van der Waals surface area contributed by atoms with Gasteiger partial charge >= 0.3 is 0 Å². The molecule has 0 unspecified atom stereocenters. The lowest BCUT2D eigenvalue weighted by atomic mass is 10.1. The summed E-state index contributed by atoms with van der Waals surface area (Å²) in [5.41, 5.74) is 2.59. The molecule has 4 heteroatoms. The number of carbonyl (C=O) groups is 1. The Morgan fingerprint density at radius 2 is 1.94 bits per heavy atom. The molecule has 0 fully saturated rings. The number of anilines is 1. The van der Waals surface area contributed by atoms with Gasteiger partial charge in [-0.15, -0.1) is 0 Å². The van der Waals surface area contributed by atoms with Gasteiger partial charge in [-0.1, -0.05) is 29.8 Å². The molecule has 0 spiro atoms. The van der Waals surface area contributed by atoms with Gasteiger partial charge in [-0.2, -0.15) is 4.39 Å². The molecule has 1 aromatic carbocycles. The quantitative estimate of drug-likeness (QED) is 0.843. The Balaban J connectivity index is 1.96. The molecule has 0 bridgehead atoms. The predicted molar refractivity (Wildman–Crippen MR) is 67.7 cm³/mol.